The number of H-pyrrole nitrogens is 1. The van der Waals surface area contributed by atoms with Gasteiger partial charge in [0.25, 0.3) is 5.56 Å². The monoisotopic (exact) mass is 433 g/mol. The summed E-state index contributed by atoms with van der Waals surface area (Å²) in [7, 11) is 0. The van der Waals surface area contributed by atoms with Gasteiger partial charge in [-0.15, -0.1) is 11.3 Å². The Balaban J connectivity index is 1.32. The number of nitrogens with one attached hydrogen (secondary N) is 2. The third-order valence-electron chi connectivity index (χ3n) is 4.88. The second-order valence-corrected chi connectivity index (χ2v) is 9.41. The minimum atomic E-state index is -0.0514. The third-order valence-corrected chi connectivity index (χ3v) is 7.44. The number of aromatic nitrogens is 2. The van der Waals surface area contributed by atoms with E-state index in [1.165, 1.54) is 10.4 Å². The molecule has 146 valence electrons. The lowest BCUT2D eigenvalue weighted by Gasteiger charge is -2.09. The quantitative estimate of drug-likeness (QED) is 0.552. The number of hydrogen-bond acceptors (Lipinski definition) is 5. The molecule has 0 saturated carbocycles. The second-order valence-electron chi connectivity index (χ2n) is 6.81. The van der Waals surface area contributed by atoms with Crippen LogP contribution in [-0.2, 0) is 23.4 Å². The molecular formula is C20H20ClN3O2S2. The van der Waals surface area contributed by atoms with E-state index in [0.717, 1.165) is 40.7 Å². The van der Waals surface area contributed by atoms with Crippen LogP contribution in [0.3, 0.4) is 0 Å². The van der Waals surface area contributed by atoms with Crippen molar-refractivity contribution in [3.63, 3.8) is 0 Å². The predicted molar refractivity (Wildman–Crippen MR) is 118 cm³/mol. The van der Waals surface area contributed by atoms with Crippen LogP contribution in [-0.4, -0.2) is 21.6 Å². The summed E-state index contributed by atoms with van der Waals surface area (Å²) >= 11 is 9.31. The van der Waals surface area contributed by atoms with Crippen LogP contribution in [0.5, 0.6) is 0 Å². The van der Waals surface area contributed by atoms with Crippen LogP contribution in [0.2, 0.25) is 5.02 Å². The molecule has 1 amide bonds. The van der Waals surface area contributed by atoms with E-state index in [9.17, 15) is 9.59 Å². The first-order valence-electron chi connectivity index (χ1n) is 9.19. The summed E-state index contributed by atoms with van der Waals surface area (Å²) in [6.45, 7) is 1.88. The molecule has 5 nitrogen and oxygen atoms in total. The molecule has 8 heteroatoms. The molecule has 3 aromatic rings. The van der Waals surface area contributed by atoms with E-state index in [4.69, 9.17) is 11.6 Å². The Labute approximate surface area is 175 Å². The van der Waals surface area contributed by atoms with E-state index in [1.807, 2.05) is 19.1 Å². The topological polar surface area (TPSA) is 74.8 Å². The van der Waals surface area contributed by atoms with E-state index in [-0.39, 0.29) is 11.5 Å². The van der Waals surface area contributed by atoms with E-state index < -0.39 is 0 Å². The number of hydrogen-bond donors (Lipinski definition) is 2. The van der Waals surface area contributed by atoms with E-state index in [1.54, 1.807) is 29.2 Å². The average Bonchev–Trinajstić information content (AvgIpc) is 3.23. The summed E-state index contributed by atoms with van der Waals surface area (Å²) in [5, 5.41) is 4.31. The Morgan fingerprint density at radius 3 is 3.11 bits per heavy atom. The molecule has 2 aromatic heterocycles. The van der Waals surface area contributed by atoms with Gasteiger partial charge in [0.15, 0.2) is 0 Å². The number of benzene rings is 1. The Bertz CT molecular complexity index is 1110. The van der Waals surface area contributed by atoms with Crippen LogP contribution in [0.15, 0.2) is 23.0 Å². The lowest BCUT2D eigenvalue weighted by molar-refractivity contribution is -0.115. The SMILES string of the molecule is Cc1c(Cl)cccc1NC(=O)CCSCc1nc2sc3c(c2c(=O)[nH]1)CCC3. The number of carbonyl (C=O) groups excluding carboxylic acids is 1. The van der Waals surface area contributed by atoms with Gasteiger partial charge >= 0.3 is 0 Å². The average molecular weight is 434 g/mol. The van der Waals surface area contributed by atoms with Crippen molar-refractivity contribution in [1.82, 2.24) is 9.97 Å². The minimum absolute atomic E-state index is 0.0332. The molecule has 0 fully saturated rings. The highest BCUT2D eigenvalue weighted by atomic mass is 35.5. The molecule has 28 heavy (non-hydrogen) atoms. The molecule has 4 rings (SSSR count). The van der Waals surface area contributed by atoms with E-state index >= 15 is 0 Å². The Kier molecular flexibility index (Phi) is 5.75. The van der Waals surface area contributed by atoms with Gasteiger partial charge in [-0.05, 0) is 49.4 Å². The lowest BCUT2D eigenvalue weighted by Crippen LogP contribution is -2.14. The smallest absolute Gasteiger partial charge is 0.259 e. The molecule has 1 aromatic carbocycles. The van der Waals surface area contributed by atoms with Gasteiger partial charge in [-0.2, -0.15) is 11.8 Å². The number of aryl methyl sites for hydroxylation is 2. The van der Waals surface area contributed by atoms with Gasteiger partial charge in [-0.3, -0.25) is 9.59 Å². The highest BCUT2D eigenvalue weighted by molar-refractivity contribution is 7.98. The third kappa shape index (κ3) is 3.97. The first-order valence-corrected chi connectivity index (χ1v) is 11.5. The van der Waals surface area contributed by atoms with E-state index in [2.05, 4.69) is 15.3 Å². The molecule has 0 saturated heterocycles. The normalized spacial score (nSPS) is 13.1. The number of nitrogens with zero attached hydrogens (tertiary/aromatic N) is 1. The standard InChI is InChI=1S/C20H20ClN3O2S2/c1-11-13(21)5-3-6-14(11)22-17(25)8-9-27-10-16-23-19(26)18-12-4-2-7-15(12)28-20(18)24-16/h3,5-6H,2,4,7-10H2,1H3,(H,22,25)(H,23,24,26). The first kappa shape index (κ1) is 19.5. The predicted octanol–water partition coefficient (Wildman–Crippen LogP) is 4.70. The molecule has 2 N–H and O–H groups in total. The summed E-state index contributed by atoms with van der Waals surface area (Å²) in [6, 6.07) is 5.46. The van der Waals surface area contributed by atoms with Crippen LogP contribution >= 0.6 is 34.7 Å². The fourth-order valence-corrected chi connectivity index (χ4v) is 5.66. The maximum atomic E-state index is 12.5. The highest BCUT2D eigenvalue weighted by Gasteiger charge is 2.21. The van der Waals surface area contributed by atoms with Crippen LogP contribution in [0, 0.1) is 6.92 Å². The fraction of sp³-hybridized carbons (Fsp3) is 0.350. The zero-order valence-electron chi connectivity index (χ0n) is 15.4. The molecule has 0 aliphatic heterocycles. The first-order chi connectivity index (χ1) is 13.5. The number of halogens is 1. The van der Waals surface area contributed by atoms with Crippen molar-refractivity contribution in [2.75, 3.05) is 11.1 Å². The maximum Gasteiger partial charge on any atom is 0.259 e. The van der Waals surface area contributed by atoms with Crippen molar-refractivity contribution in [1.29, 1.82) is 0 Å². The lowest BCUT2D eigenvalue weighted by atomic mass is 10.2. The number of thiophene rings is 1. The molecule has 1 aliphatic rings. The second kappa shape index (κ2) is 8.27. The number of thioether (sulfide) groups is 1. The van der Waals surface area contributed by atoms with Crippen LogP contribution in [0.4, 0.5) is 5.69 Å². The molecule has 0 atom stereocenters. The van der Waals surface area contributed by atoms with Crippen molar-refractivity contribution in [2.24, 2.45) is 0 Å². The van der Waals surface area contributed by atoms with Gasteiger partial charge in [-0.1, -0.05) is 17.7 Å². The van der Waals surface area contributed by atoms with Crippen LogP contribution in [0.25, 0.3) is 10.2 Å². The fourth-order valence-electron chi connectivity index (χ4n) is 3.40. The zero-order valence-corrected chi connectivity index (χ0v) is 17.8. The van der Waals surface area contributed by atoms with Gasteiger partial charge in [0.2, 0.25) is 5.91 Å². The van der Waals surface area contributed by atoms with Gasteiger partial charge in [0.1, 0.15) is 10.7 Å². The number of aromatic amines is 1. The zero-order chi connectivity index (χ0) is 19.7. The summed E-state index contributed by atoms with van der Waals surface area (Å²) < 4.78 is 0. The van der Waals surface area contributed by atoms with Crippen molar-refractivity contribution >= 4 is 56.5 Å². The molecule has 0 spiro atoms. The number of fused-ring (bicyclic) bond motifs is 3. The molecule has 1 aliphatic carbocycles. The largest absolute Gasteiger partial charge is 0.326 e. The van der Waals surface area contributed by atoms with Crippen LogP contribution < -0.4 is 10.9 Å². The molecule has 0 bridgehead atoms. The number of carbonyl (C=O) groups is 1. The van der Waals surface area contributed by atoms with E-state index in [0.29, 0.717) is 28.8 Å². The van der Waals surface area contributed by atoms with Crippen molar-refractivity contribution < 1.29 is 4.79 Å². The summed E-state index contributed by atoms with van der Waals surface area (Å²) in [6.07, 6.45) is 3.55. The number of amides is 1. The highest BCUT2D eigenvalue weighted by Crippen LogP contribution is 2.34. The number of rotatable bonds is 6. The molecule has 0 unspecified atom stereocenters. The number of anilines is 1. The Morgan fingerprint density at radius 1 is 1.39 bits per heavy atom. The Hall–Kier alpha value is -1.83. The summed E-state index contributed by atoms with van der Waals surface area (Å²) in [5.41, 5.74) is 2.77. The van der Waals surface area contributed by atoms with Crippen molar-refractivity contribution in [3.8, 4) is 0 Å². The summed E-state index contributed by atoms with van der Waals surface area (Å²) in [5.74, 6) is 1.85. The molecule has 2 heterocycles. The van der Waals surface area contributed by atoms with Crippen molar-refractivity contribution in [2.45, 2.75) is 38.4 Å². The van der Waals surface area contributed by atoms with Gasteiger partial charge in [0.05, 0.1) is 11.1 Å². The van der Waals surface area contributed by atoms with Crippen molar-refractivity contribution in [3.05, 3.63) is 55.4 Å². The maximum absolute atomic E-state index is 12.5. The van der Waals surface area contributed by atoms with Crippen LogP contribution in [0.1, 0.15) is 34.7 Å². The summed E-state index contributed by atoms with van der Waals surface area (Å²) in [4.78, 5) is 34.3. The Morgan fingerprint density at radius 2 is 2.25 bits per heavy atom. The van der Waals surface area contributed by atoms with Gasteiger partial charge < -0.3 is 10.3 Å². The molecule has 0 radical (unpaired) electrons. The minimum Gasteiger partial charge on any atom is -0.326 e. The van der Waals surface area contributed by atoms with Gasteiger partial charge in [0, 0.05) is 27.8 Å². The van der Waals surface area contributed by atoms with Gasteiger partial charge in [-0.25, -0.2) is 4.98 Å². The molecular weight excluding hydrogens is 414 g/mol.